The predicted octanol–water partition coefficient (Wildman–Crippen LogP) is 5.39. The van der Waals surface area contributed by atoms with Crippen LogP contribution in [0.25, 0.3) is 17.1 Å². The summed E-state index contributed by atoms with van der Waals surface area (Å²) in [5.74, 6) is 2.58. The van der Waals surface area contributed by atoms with Gasteiger partial charge in [-0.1, -0.05) is 35.0 Å². The van der Waals surface area contributed by atoms with Gasteiger partial charge in [-0.25, -0.2) is 0 Å². The van der Waals surface area contributed by atoms with Gasteiger partial charge < -0.3 is 14.2 Å². The molecule has 0 bridgehead atoms. The Balaban J connectivity index is 2.11. The van der Waals surface area contributed by atoms with E-state index < -0.39 is 0 Å². The Morgan fingerprint density at radius 3 is 2.45 bits per heavy atom. The largest absolute Gasteiger partial charge is 0.496 e. The highest BCUT2D eigenvalue weighted by molar-refractivity contribution is 7.99. The Kier molecular flexibility index (Phi) is 7.66. The average molecular weight is 454 g/mol. The molecule has 0 fully saturated rings. The first-order valence-electron chi connectivity index (χ1n) is 8.92. The first kappa shape index (κ1) is 21.8. The summed E-state index contributed by atoms with van der Waals surface area (Å²) in [6, 6.07) is 10.9. The maximum absolute atomic E-state index is 6.37. The third-order valence-electron chi connectivity index (χ3n) is 4.09. The zero-order valence-electron chi connectivity index (χ0n) is 16.3. The molecular weight excluding hydrogens is 433 g/mol. The van der Waals surface area contributed by atoms with E-state index >= 15 is 0 Å². The summed E-state index contributed by atoms with van der Waals surface area (Å²) in [6.45, 7) is 3.26. The lowest BCUT2D eigenvalue weighted by molar-refractivity contribution is 0.164. The van der Waals surface area contributed by atoms with Gasteiger partial charge >= 0.3 is 0 Å². The fourth-order valence-corrected chi connectivity index (χ4v) is 3.98. The van der Waals surface area contributed by atoms with Gasteiger partial charge in [-0.05, 0) is 43.3 Å². The number of nitrogens with zero attached hydrogens (tertiary/aromatic N) is 3. The molecule has 0 atom stereocenters. The van der Waals surface area contributed by atoms with Crippen LogP contribution in [-0.4, -0.2) is 48.0 Å². The lowest BCUT2D eigenvalue weighted by atomic mass is 10.2. The summed E-state index contributed by atoms with van der Waals surface area (Å²) in [7, 11) is 3.19. The van der Waals surface area contributed by atoms with Crippen molar-refractivity contribution < 1.29 is 14.2 Å². The fourth-order valence-electron chi connectivity index (χ4n) is 2.76. The van der Waals surface area contributed by atoms with Crippen LogP contribution in [0.1, 0.15) is 6.92 Å². The molecule has 6 nitrogen and oxygen atoms in total. The topological polar surface area (TPSA) is 58.4 Å². The van der Waals surface area contributed by atoms with Crippen LogP contribution < -0.4 is 9.47 Å². The van der Waals surface area contributed by atoms with Crippen molar-refractivity contribution >= 4 is 35.0 Å². The molecule has 0 radical (unpaired) electrons. The number of rotatable bonds is 9. The molecule has 0 aliphatic heterocycles. The summed E-state index contributed by atoms with van der Waals surface area (Å²) in [6.07, 6.45) is 0. The number of thioether (sulfide) groups is 1. The number of aromatic nitrogens is 3. The summed E-state index contributed by atoms with van der Waals surface area (Å²) in [4.78, 5) is 0. The van der Waals surface area contributed by atoms with Crippen molar-refractivity contribution in [3.8, 4) is 28.6 Å². The third-order valence-corrected chi connectivity index (χ3v) is 5.52. The molecule has 3 rings (SSSR count). The Labute approximate surface area is 184 Å². The third kappa shape index (κ3) is 4.98. The number of hydrogen-bond donors (Lipinski definition) is 0. The van der Waals surface area contributed by atoms with Gasteiger partial charge in [-0.3, -0.25) is 4.57 Å². The second-order valence-corrected chi connectivity index (χ2v) is 7.76. The Bertz CT molecular complexity index is 982. The number of methoxy groups -OCH3 is 2. The van der Waals surface area contributed by atoms with Gasteiger partial charge in [0, 0.05) is 17.4 Å². The lowest BCUT2D eigenvalue weighted by Gasteiger charge is -2.14. The van der Waals surface area contributed by atoms with Crippen molar-refractivity contribution in [2.24, 2.45) is 0 Å². The maximum Gasteiger partial charge on any atom is 0.196 e. The Morgan fingerprint density at radius 1 is 1.00 bits per heavy atom. The summed E-state index contributed by atoms with van der Waals surface area (Å²) >= 11 is 14.2. The first-order chi connectivity index (χ1) is 14.1. The van der Waals surface area contributed by atoms with Gasteiger partial charge in [0.25, 0.3) is 0 Å². The van der Waals surface area contributed by atoms with E-state index in [1.54, 1.807) is 44.2 Å². The molecule has 154 valence electrons. The van der Waals surface area contributed by atoms with Crippen molar-refractivity contribution in [3.63, 3.8) is 0 Å². The van der Waals surface area contributed by atoms with E-state index in [-0.39, 0.29) is 0 Å². The number of ether oxygens (including phenoxy) is 3. The Morgan fingerprint density at radius 2 is 1.76 bits per heavy atom. The van der Waals surface area contributed by atoms with E-state index in [1.807, 2.05) is 29.7 Å². The van der Waals surface area contributed by atoms with Gasteiger partial charge in [-0.2, -0.15) is 0 Å². The van der Waals surface area contributed by atoms with E-state index in [1.165, 1.54) is 0 Å². The van der Waals surface area contributed by atoms with Gasteiger partial charge in [0.2, 0.25) is 0 Å². The molecule has 0 spiro atoms. The van der Waals surface area contributed by atoms with Crippen molar-refractivity contribution in [1.29, 1.82) is 0 Å². The monoisotopic (exact) mass is 453 g/mol. The van der Waals surface area contributed by atoms with E-state index in [0.29, 0.717) is 45.7 Å². The van der Waals surface area contributed by atoms with Gasteiger partial charge in [0.05, 0.1) is 37.1 Å². The zero-order chi connectivity index (χ0) is 20.8. The fraction of sp³-hybridized carbons (Fsp3) is 0.300. The molecule has 9 heteroatoms. The average Bonchev–Trinajstić information content (AvgIpc) is 3.14. The van der Waals surface area contributed by atoms with Crippen LogP contribution in [0.3, 0.4) is 0 Å². The summed E-state index contributed by atoms with van der Waals surface area (Å²) < 4.78 is 18.2. The van der Waals surface area contributed by atoms with Crippen molar-refractivity contribution in [3.05, 3.63) is 46.4 Å². The molecule has 29 heavy (non-hydrogen) atoms. The molecule has 1 heterocycles. The molecule has 0 aliphatic carbocycles. The molecule has 2 aromatic carbocycles. The zero-order valence-corrected chi connectivity index (χ0v) is 18.6. The minimum Gasteiger partial charge on any atom is -0.496 e. The normalized spacial score (nSPS) is 10.9. The van der Waals surface area contributed by atoms with Crippen LogP contribution in [0, 0.1) is 0 Å². The van der Waals surface area contributed by atoms with Crippen LogP contribution in [-0.2, 0) is 4.74 Å². The highest BCUT2D eigenvalue weighted by Crippen LogP contribution is 2.36. The molecule has 0 unspecified atom stereocenters. The van der Waals surface area contributed by atoms with Crippen LogP contribution in [0.5, 0.6) is 11.5 Å². The second-order valence-electron chi connectivity index (χ2n) is 5.85. The van der Waals surface area contributed by atoms with Gasteiger partial charge in [0.15, 0.2) is 11.0 Å². The molecule has 0 amide bonds. The quantitative estimate of drug-likeness (QED) is 0.319. The Hall–Kier alpha value is -1.93. The minimum atomic E-state index is 0.493. The minimum absolute atomic E-state index is 0.493. The van der Waals surface area contributed by atoms with E-state index in [9.17, 15) is 0 Å². The van der Waals surface area contributed by atoms with Gasteiger partial charge in [-0.15, -0.1) is 10.2 Å². The molecule has 0 aliphatic rings. The van der Waals surface area contributed by atoms with Crippen LogP contribution in [0.4, 0.5) is 0 Å². The molecule has 0 saturated heterocycles. The highest BCUT2D eigenvalue weighted by Gasteiger charge is 2.20. The first-order valence-corrected chi connectivity index (χ1v) is 10.7. The van der Waals surface area contributed by atoms with Crippen LogP contribution >= 0.6 is 35.0 Å². The molecular formula is C20H21Cl2N3O3S. The van der Waals surface area contributed by atoms with Gasteiger partial charge in [0.1, 0.15) is 11.5 Å². The number of hydrogen-bond acceptors (Lipinski definition) is 6. The second kappa shape index (κ2) is 10.2. The van der Waals surface area contributed by atoms with Crippen LogP contribution in [0.15, 0.2) is 41.6 Å². The summed E-state index contributed by atoms with van der Waals surface area (Å²) in [5, 5.41) is 10.6. The summed E-state index contributed by atoms with van der Waals surface area (Å²) in [5.41, 5.74) is 1.54. The predicted molar refractivity (Wildman–Crippen MR) is 117 cm³/mol. The van der Waals surface area contributed by atoms with E-state index in [0.717, 1.165) is 17.0 Å². The lowest BCUT2D eigenvalue weighted by Crippen LogP contribution is -2.03. The molecule has 0 N–H and O–H groups in total. The molecule has 1 aromatic heterocycles. The van der Waals surface area contributed by atoms with E-state index in [2.05, 4.69) is 10.2 Å². The number of halogens is 2. The van der Waals surface area contributed by atoms with Crippen molar-refractivity contribution in [2.45, 2.75) is 12.1 Å². The number of benzene rings is 2. The molecule has 0 saturated carbocycles. The smallest absolute Gasteiger partial charge is 0.196 e. The highest BCUT2D eigenvalue weighted by atomic mass is 35.5. The standard InChI is InChI=1S/C20H21Cl2N3O3S/c1-4-28-9-10-29-20-24-23-19(15-11-13(21)5-7-17(15)26-2)25(20)14-6-8-18(27-3)16(22)12-14/h5-8,11-12H,4,9-10H2,1-3H3. The maximum atomic E-state index is 6.37. The SMILES string of the molecule is CCOCCSc1nnc(-c2cc(Cl)ccc2OC)n1-c1ccc(OC)c(Cl)c1. The van der Waals surface area contributed by atoms with Crippen LogP contribution in [0.2, 0.25) is 10.0 Å². The van der Waals surface area contributed by atoms with E-state index in [4.69, 9.17) is 37.4 Å². The van der Waals surface area contributed by atoms with Crippen molar-refractivity contribution in [1.82, 2.24) is 14.8 Å². The molecule has 3 aromatic rings. The van der Waals surface area contributed by atoms with Crippen molar-refractivity contribution in [2.75, 3.05) is 33.2 Å².